The van der Waals surface area contributed by atoms with E-state index in [-0.39, 0.29) is 18.1 Å². The van der Waals surface area contributed by atoms with E-state index >= 15 is 0 Å². The summed E-state index contributed by atoms with van der Waals surface area (Å²) in [6, 6.07) is 10.3. The molecule has 2 N–H and O–H groups in total. The third-order valence-electron chi connectivity index (χ3n) is 2.78. The first kappa shape index (κ1) is 17.4. The van der Waals surface area contributed by atoms with Crippen molar-refractivity contribution in [2.24, 2.45) is 10.7 Å². The molecule has 0 atom stereocenters. The number of amidine groups is 1. The molecule has 8 heteroatoms. The van der Waals surface area contributed by atoms with E-state index in [1.165, 1.54) is 18.2 Å². The van der Waals surface area contributed by atoms with Crippen molar-refractivity contribution in [1.82, 2.24) is 0 Å². The third kappa shape index (κ3) is 5.33. The van der Waals surface area contributed by atoms with Crippen molar-refractivity contribution in [3.63, 3.8) is 0 Å². The van der Waals surface area contributed by atoms with Crippen LogP contribution in [0.4, 0.5) is 13.2 Å². The first-order valence-corrected chi connectivity index (χ1v) is 7.10. The molecule has 0 unspecified atom stereocenters. The molecule has 3 nitrogen and oxygen atoms in total. The summed E-state index contributed by atoms with van der Waals surface area (Å²) in [6.45, 7) is 0.0983. The summed E-state index contributed by atoms with van der Waals surface area (Å²) in [4.78, 5) is 4.13. The SMILES string of the molecule is NC(=NCc1cccc(OC(F)(F)F)c1)c1ccc(Cl)c(Cl)c1. The number of halogens is 5. The van der Waals surface area contributed by atoms with Crippen LogP contribution in [0.15, 0.2) is 47.5 Å². The van der Waals surface area contributed by atoms with Crippen LogP contribution in [0.25, 0.3) is 0 Å². The van der Waals surface area contributed by atoms with Gasteiger partial charge in [-0.15, -0.1) is 13.2 Å². The van der Waals surface area contributed by atoms with Crippen LogP contribution in [0.3, 0.4) is 0 Å². The second-order valence-corrected chi connectivity index (χ2v) is 5.34. The Kier molecular flexibility index (Phi) is 5.38. The summed E-state index contributed by atoms with van der Waals surface area (Å²) in [5, 5.41) is 0.725. The second kappa shape index (κ2) is 7.10. The quantitative estimate of drug-likeness (QED) is 0.627. The normalized spacial score (nSPS) is 12.3. The van der Waals surface area contributed by atoms with E-state index in [4.69, 9.17) is 28.9 Å². The van der Waals surface area contributed by atoms with Gasteiger partial charge in [-0.2, -0.15) is 0 Å². The van der Waals surface area contributed by atoms with E-state index in [1.807, 2.05) is 0 Å². The number of hydrogen-bond donors (Lipinski definition) is 1. The van der Waals surface area contributed by atoms with Crippen LogP contribution in [0.2, 0.25) is 10.0 Å². The van der Waals surface area contributed by atoms with E-state index in [2.05, 4.69) is 9.73 Å². The van der Waals surface area contributed by atoms with E-state index in [0.29, 0.717) is 21.2 Å². The summed E-state index contributed by atoms with van der Waals surface area (Å²) in [7, 11) is 0. The highest BCUT2D eigenvalue weighted by molar-refractivity contribution is 6.42. The molecule has 0 fully saturated rings. The van der Waals surface area contributed by atoms with Gasteiger partial charge < -0.3 is 10.5 Å². The zero-order valence-electron chi connectivity index (χ0n) is 11.6. The van der Waals surface area contributed by atoms with Crippen LogP contribution in [0, 0.1) is 0 Å². The molecule has 0 aromatic heterocycles. The van der Waals surface area contributed by atoms with Crippen molar-refractivity contribution in [3.8, 4) is 5.75 Å². The minimum atomic E-state index is -4.74. The lowest BCUT2D eigenvalue weighted by molar-refractivity contribution is -0.274. The fourth-order valence-corrected chi connectivity index (χ4v) is 2.06. The summed E-state index contributed by atoms with van der Waals surface area (Å²) >= 11 is 11.7. The fourth-order valence-electron chi connectivity index (χ4n) is 1.76. The highest BCUT2D eigenvalue weighted by Gasteiger charge is 2.31. The summed E-state index contributed by atoms with van der Waals surface area (Å²) in [5.74, 6) is -0.107. The van der Waals surface area contributed by atoms with E-state index in [0.717, 1.165) is 0 Å². The Bertz CT molecular complexity index is 733. The molecule has 2 rings (SSSR count). The van der Waals surface area contributed by atoms with Gasteiger partial charge in [0, 0.05) is 5.56 Å². The molecule has 0 aliphatic heterocycles. The van der Waals surface area contributed by atoms with Gasteiger partial charge in [-0.25, -0.2) is 0 Å². The van der Waals surface area contributed by atoms with Crippen LogP contribution >= 0.6 is 23.2 Å². The Balaban J connectivity index is 2.12. The number of ether oxygens (including phenoxy) is 1. The number of hydrogen-bond acceptors (Lipinski definition) is 2. The number of nitrogens with zero attached hydrogens (tertiary/aromatic N) is 1. The molecule has 122 valence electrons. The maximum absolute atomic E-state index is 12.2. The first-order chi connectivity index (χ1) is 10.7. The van der Waals surface area contributed by atoms with E-state index in [9.17, 15) is 13.2 Å². The van der Waals surface area contributed by atoms with Gasteiger partial charge in [-0.1, -0.05) is 35.3 Å². The molecule has 0 saturated heterocycles. The molecule has 0 bridgehead atoms. The van der Waals surface area contributed by atoms with Gasteiger partial charge >= 0.3 is 6.36 Å². The number of alkyl halides is 3. The molecule has 0 aliphatic rings. The zero-order chi connectivity index (χ0) is 17.0. The number of nitrogens with two attached hydrogens (primary N) is 1. The van der Waals surface area contributed by atoms with Gasteiger partial charge in [0.2, 0.25) is 0 Å². The average molecular weight is 363 g/mol. The average Bonchev–Trinajstić information content (AvgIpc) is 2.46. The summed E-state index contributed by atoms with van der Waals surface area (Å²) in [6.07, 6.45) is -4.74. The van der Waals surface area contributed by atoms with Gasteiger partial charge in [0.1, 0.15) is 11.6 Å². The predicted molar refractivity (Wildman–Crippen MR) is 84.0 cm³/mol. The van der Waals surface area contributed by atoms with Crippen LogP contribution in [-0.2, 0) is 6.54 Å². The van der Waals surface area contributed by atoms with Crippen molar-refractivity contribution < 1.29 is 17.9 Å². The Labute approximate surface area is 140 Å². The smallest absolute Gasteiger partial charge is 0.406 e. The molecule has 0 aliphatic carbocycles. The summed E-state index contributed by atoms with van der Waals surface area (Å²) in [5.41, 5.74) is 6.93. The zero-order valence-corrected chi connectivity index (χ0v) is 13.1. The van der Waals surface area contributed by atoms with Crippen molar-refractivity contribution in [2.75, 3.05) is 0 Å². The third-order valence-corrected chi connectivity index (χ3v) is 3.52. The minimum absolute atomic E-state index is 0.0983. The monoisotopic (exact) mass is 362 g/mol. The fraction of sp³-hybridized carbons (Fsp3) is 0.133. The van der Waals surface area contributed by atoms with Gasteiger partial charge in [0.15, 0.2) is 0 Å². The van der Waals surface area contributed by atoms with Crippen molar-refractivity contribution in [2.45, 2.75) is 12.9 Å². The van der Waals surface area contributed by atoms with E-state index < -0.39 is 6.36 Å². The second-order valence-electron chi connectivity index (χ2n) is 4.53. The molecule has 0 radical (unpaired) electrons. The highest BCUT2D eigenvalue weighted by Crippen LogP contribution is 2.24. The molecule has 2 aromatic carbocycles. The standard InChI is InChI=1S/C15H11Cl2F3N2O/c16-12-5-4-10(7-13(12)17)14(21)22-8-9-2-1-3-11(6-9)23-15(18,19)20/h1-7H,8H2,(H2,21,22). The Morgan fingerprint density at radius 3 is 2.48 bits per heavy atom. The van der Waals surface area contributed by atoms with Gasteiger partial charge in [-0.3, -0.25) is 4.99 Å². The number of rotatable bonds is 4. The van der Waals surface area contributed by atoms with Crippen molar-refractivity contribution in [1.29, 1.82) is 0 Å². The Morgan fingerprint density at radius 1 is 1.09 bits per heavy atom. The molecular weight excluding hydrogens is 352 g/mol. The topological polar surface area (TPSA) is 47.6 Å². The lowest BCUT2D eigenvalue weighted by atomic mass is 10.2. The van der Waals surface area contributed by atoms with Gasteiger partial charge in [0.25, 0.3) is 0 Å². The lowest BCUT2D eigenvalue weighted by Gasteiger charge is -2.09. The van der Waals surface area contributed by atoms with Crippen LogP contribution in [0.1, 0.15) is 11.1 Å². The molecule has 0 spiro atoms. The van der Waals surface area contributed by atoms with E-state index in [1.54, 1.807) is 24.3 Å². The molecule has 23 heavy (non-hydrogen) atoms. The van der Waals surface area contributed by atoms with Gasteiger partial charge in [0.05, 0.1) is 16.6 Å². The van der Waals surface area contributed by atoms with Crippen LogP contribution in [-0.4, -0.2) is 12.2 Å². The Morgan fingerprint density at radius 2 is 1.83 bits per heavy atom. The molecule has 0 amide bonds. The highest BCUT2D eigenvalue weighted by atomic mass is 35.5. The first-order valence-electron chi connectivity index (χ1n) is 6.34. The summed E-state index contributed by atoms with van der Waals surface area (Å²) < 4.78 is 40.4. The molecule has 2 aromatic rings. The van der Waals surface area contributed by atoms with Crippen molar-refractivity contribution in [3.05, 3.63) is 63.6 Å². The minimum Gasteiger partial charge on any atom is -0.406 e. The lowest BCUT2D eigenvalue weighted by Crippen LogP contribution is -2.17. The molecular formula is C15H11Cl2F3N2O. The predicted octanol–water partition coefficient (Wildman–Crippen LogP) is 4.80. The maximum atomic E-state index is 12.2. The Hall–Kier alpha value is -1.92. The molecule has 0 heterocycles. The largest absolute Gasteiger partial charge is 0.573 e. The van der Waals surface area contributed by atoms with Crippen LogP contribution in [0.5, 0.6) is 5.75 Å². The molecule has 0 saturated carbocycles. The van der Waals surface area contributed by atoms with Gasteiger partial charge in [-0.05, 0) is 35.9 Å². The van der Waals surface area contributed by atoms with Crippen molar-refractivity contribution >= 4 is 29.0 Å². The van der Waals surface area contributed by atoms with Crippen LogP contribution < -0.4 is 10.5 Å². The number of benzene rings is 2. The maximum Gasteiger partial charge on any atom is 0.573 e. The number of aliphatic imine (C=N–C) groups is 1.